The minimum atomic E-state index is 0.349. The van der Waals surface area contributed by atoms with Crippen molar-refractivity contribution in [3.8, 4) is 11.5 Å². The van der Waals surface area contributed by atoms with Gasteiger partial charge in [0.2, 0.25) is 0 Å². The molecule has 0 radical (unpaired) electrons. The van der Waals surface area contributed by atoms with E-state index in [-0.39, 0.29) is 0 Å². The molecule has 0 aliphatic carbocycles. The molecule has 2 aromatic carbocycles. The molecule has 3 rings (SSSR count). The first kappa shape index (κ1) is 13.2. The third kappa shape index (κ3) is 2.72. The van der Waals surface area contributed by atoms with Crippen LogP contribution in [0.5, 0.6) is 11.5 Å². The fourth-order valence-corrected chi connectivity index (χ4v) is 2.39. The molecule has 0 amide bonds. The molecule has 0 unspecified atom stereocenters. The number of hydrogen-bond acceptors (Lipinski definition) is 2. The summed E-state index contributed by atoms with van der Waals surface area (Å²) in [6.45, 7) is 0. The van der Waals surface area contributed by atoms with Crippen molar-refractivity contribution in [2.24, 2.45) is 0 Å². The zero-order valence-corrected chi connectivity index (χ0v) is 12.0. The number of alkyl halides is 1. The molecule has 0 aliphatic rings. The first-order chi connectivity index (χ1) is 9.76. The van der Waals surface area contributed by atoms with Crippen molar-refractivity contribution in [1.82, 2.24) is 4.98 Å². The van der Waals surface area contributed by atoms with E-state index in [9.17, 15) is 0 Å². The normalized spacial score (nSPS) is 10.7. The molecule has 20 heavy (non-hydrogen) atoms. The molecule has 0 atom stereocenters. The maximum Gasteiger partial charge on any atom is 0.131 e. The summed E-state index contributed by atoms with van der Waals surface area (Å²) in [4.78, 5) is 4.31. The molecule has 0 bridgehead atoms. The predicted octanol–water partition coefficient (Wildman–Crippen LogP) is 5.42. The van der Waals surface area contributed by atoms with Gasteiger partial charge in [0.05, 0.1) is 11.4 Å². The van der Waals surface area contributed by atoms with Crippen molar-refractivity contribution < 1.29 is 4.74 Å². The minimum absolute atomic E-state index is 0.349. The van der Waals surface area contributed by atoms with Gasteiger partial charge in [-0.1, -0.05) is 17.7 Å². The second-order valence-electron chi connectivity index (χ2n) is 4.35. The van der Waals surface area contributed by atoms with Crippen LogP contribution in [0.1, 0.15) is 5.56 Å². The Labute approximate surface area is 126 Å². The van der Waals surface area contributed by atoms with E-state index in [1.54, 1.807) is 12.3 Å². The van der Waals surface area contributed by atoms with Crippen molar-refractivity contribution in [3.05, 3.63) is 65.3 Å². The zero-order chi connectivity index (χ0) is 13.9. The summed E-state index contributed by atoms with van der Waals surface area (Å²) in [7, 11) is 0. The lowest BCUT2D eigenvalue weighted by molar-refractivity contribution is 0.479. The highest BCUT2D eigenvalue weighted by Crippen LogP contribution is 2.30. The average Bonchev–Trinajstić information content (AvgIpc) is 2.49. The summed E-state index contributed by atoms with van der Waals surface area (Å²) >= 11 is 11.9. The fraction of sp³-hybridized carbons (Fsp3) is 0.0625. The summed E-state index contributed by atoms with van der Waals surface area (Å²) in [5.74, 6) is 1.78. The summed E-state index contributed by atoms with van der Waals surface area (Å²) < 4.78 is 5.88. The van der Waals surface area contributed by atoms with Crippen molar-refractivity contribution in [1.29, 1.82) is 0 Å². The van der Waals surface area contributed by atoms with E-state index in [4.69, 9.17) is 27.9 Å². The lowest BCUT2D eigenvalue weighted by Gasteiger charge is -2.10. The number of halogens is 2. The van der Waals surface area contributed by atoms with Gasteiger partial charge in [0.15, 0.2) is 0 Å². The monoisotopic (exact) mass is 303 g/mol. The molecule has 0 aliphatic heterocycles. The van der Waals surface area contributed by atoms with Crippen LogP contribution in [0.2, 0.25) is 5.02 Å². The summed E-state index contributed by atoms with van der Waals surface area (Å²) in [5, 5.41) is 1.72. The molecule has 2 nitrogen and oxygen atoms in total. The van der Waals surface area contributed by atoms with E-state index >= 15 is 0 Å². The molecule has 0 saturated heterocycles. The van der Waals surface area contributed by atoms with Crippen molar-refractivity contribution >= 4 is 34.1 Å². The van der Waals surface area contributed by atoms with Crippen LogP contribution in [0, 0.1) is 0 Å². The van der Waals surface area contributed by atoms with Gasteiger partial charge in [0.25, 0.3) is 0 Å². The molecule has 4 heteroatoms. The standard InChI is InChI=1S/C16H11Cl2NO/c17-10-12-8-13(18)4-6-16(12)20-14-5-3-11-2-1-7-19-15(11)9-14/h1-9H,10H2. The largest absolute Gasteiger partial charge is 0.457 e. The third-order valence-electron chi connectivity index (χ3n) is 2.97. The Bertz CT molecular complexity index is 758. The van der Waals surface area contributed by atoms with Gasteiger partial charge in [-0.15, -0.1) is 11.6 Å². The Hall–Kier alpha value is -1.77. The molecule has 0 fully saturated rings. The van der Waals surface area contributed by atoms with Crippen LogP contribution < -0.4 is 4.74 Å². The Morgan fingerprint density at radius 3 is 2.80 bits per heavy atom. The highest BCUT2D eigenvalue weighted by Gasteiger charge is 2.06. The average molecular weight is 304 g/mol. The molecule has 0 N–H and O–H groups in total. The minimum Gasteiger partial charge on any atom is -0.457 e. The molecule has 1 heterocycles. The number of benzene rings is 2. The molecule has 0 spiro atoms. The van der Waals surface area contributed by atoms with Crippen LogP contribution in [-0.4, -0.2) is 4.98 Å². The number of rotatable bonds is 3. The maximum atomic E-state index is 5.95. The molecular formula is C16H11Cl2NO. The van der Waals surface area contributed by atoms with Gasteiger partial charge < -0.3 is 4.74 Å². The fourth-order valence-electron chi connectivity index (χ4n) is 1.99. The van der Waals surface area contributed by atoms with Crippen LogP contribution >= 0.6 is 23.2 Å². The molecular weight excluding hydrogens is 293 g/mol. The Morgan fingerprint density at radius 1 is 1.05 bits per heavy atom. The van der Waals surface area contributed by atoms with Crippen molar-refractivity contribution in [3.63, 3.8) is 0 Å². The molecule has 3 aromatic rings. The number of hydrogen-bond donors (Lipinski definition) is 0. The number of fused-ring (bicyclic) bond motifs is 1. The van der Waals surface area contributed by atoms with Gasteiger partial charge >= 0.3 is 0 Å². The Morgan fingerprint density at radius 2 is 1.95 bits per heavy atom. The number of nitrogens with zero attached hydrogens (tertiary/aromatic N) is 1. The van der Waals surface area contributed by atoms with Crippen LogP contribution in [0.15, 0.2) is 54.7 Å². The van der Waals surface area contributed by atoms with Gasteiger partial charge in [-0.25, -0.2) is 0 Å². The van der Waals surface area contributed by atoms with E-state index in [0.29, 0.717) is 16.7 Å². The highest BCUT2D eigenvalue weighted by molar-refractivity contribution is 6.30. The van der Waals surface area contributed by atoms with Crippen LogP contribution in [0.25, 0.3) is 10.9 Å². The SMILES string of the molecule is ClCc1cc(Cl)ccc1Oc1ccc2cccnc2c1. The van der Waals surface area contributed by atoms with Crippen molar-refractivity contribution in [2.45, 2.75) is 5.88 Å². The highest BCUT2D eigenvalue weighted by atomic mass is 35.5. The van der Waals surface area contributed by atoms with E-state index < -0.39 is 0 Å². The molecule has 0 saturated carbocycles. The zero-order valence-electron chi connectivity index (χ0n) is 10.5. The van der Waals surface area contributed by atoms with Gasteiger partial charge in [-0.3, -0.25) is 4.98 Å². The second-order valence-corrected chi connectivity index (χ2v) is 5.05. The van der Waals surface area contributed by atoms with Crippen LogP contribution in [0.4, 0.5) is 0 Å². The first-order valence-electron chi connectivity index (χ1n) is 6.13. The Kier molecular flexibility index (Phi) is 3.77. The van der Waals surface area contributed by atoms with E-state index in [1.807, 2.05) is 42.5 Å². The van der Waals surface area contributed by atoms with E-state index in [2.05, 4.69) is 4.98 Å². The number of pyridine rings is 1. The van der Waals surface area contributed by atoms with Gasteiger partial charge in [0, 0.05) is 28.2 Å². The topological polar surface area (TPSA) is 22.1 Å². The molecule has 1 aromatic heterocycles. The predicted molar refractivity (Wildman–Crippen MR) is 82.8 cm³/mol. The number of aromatic nitrogens is 1. The quantitative estimate of drug-likeness (QED) is 0.603. The Balaban J connectivity index is 1.96. The van der Waals surface area contributed by atoms with E-state index in [1.165, 1.54) is 0 Å². The third-order valence-corrected chi connectivity index (χ3v) is 3.49. The summed E-state index contributed by atoms with van der Waals surface area (Å²) in [6.07, 6.45) is 1.76. The maximum absolute atomic E-state index is 5.95. The molecule has 100 valence electrons. The summed E-state index contributed by atoms with van der Waals surface area (Å²) in [6, 6.07) is 15.1. The lowest BCUT2D eigenvalue weighted by Crippen LogP contribution is -1.90. The van der Waals surface area contributed by atoms with Crippen LogP contribution in [-0.2, 0) is 5.88 Å². The van der Waals surface area contributed by atoms with Crippen LogP contribution in [0.3, 0.4) is 0 Å². The first-order valence-corrected chi connectivity index (χ1v) is 7.04. The smallest absolute Gasteiger partial charge is 0.131 e. The summed E-state index contributed by atoms with van der Waals surface area (Å²) in [5.41, 5.74) is 1.76. The van der Waals surface area contributed by atoms with E-state index in [0.717, 1.165) is 22.2 Å². The van der Waals surface area contributed by atoms with Gasteiger partial charge in [-0.05, 0) is 36.4 Å². The second kappa shape index (κ2) is 5.70. The number of ether oxygens (including phenoxy) is 1. The van der Waals surface area contributed by atoms with Gasteiger partial charge in [-0.2, -0.15) is 0 Å². The van der Waals surface area contributed by atoms with Crippen molar-refractivity contribution in [2.75, 3.05) is 0 Å². The lowest BCUT2D eigenvalue weighted by atomic mass is 10.2. The van der Waals surface area contributed by atoms with Gasteiger partial charge in [0.1, 0.15) is 11.5 Å².